The van der Waals surface area contributed by atoms with Gasteiger partial charge in [0.2, 0.25) is 0 Å². The minimum atomic E-state index is 0.218. The van der Waals surface area contributed by atoms with Crippen LogP contribution in [0.3, 0.4) is 0 Å². The molecule has 106 valence electrons. The molecule has 0 saturated carbocycles. The molecular weight excluding hydrogens is 299 g/mol. The van der Waals surface area contributed by atoms with Gasteiger partial charge < -0.3 is 5.73 Å². The molecule has 0 aromatic heterocycles. The molecule has 1 aliphatic heterocycles. The molecule has 1 unspecified atom stereocenters. The maximum Gasteiger partial charge on any atom is 0.0595 e. The van der Waals surface area contributed by atoms with Crippen LogP contribution in [0.2, 0.25) is 10.0 Å². The maximum atomic E-state index is 6.11. The highest BCUT2D eigenvalue weighted by Gasteiger charge is 2.31. The summed E-state index contributed by atoms with van der Waals surface area (Å²) in [5.74, 6) is 1.14. The van der Waals surface area contributed by atoms with E-state index in [0.717, 1.165) is 24.4 Å². The standard InChI is InChI=1S/C14H20Cl2N2S/c1-14(2)9-18(5-6-19-14)13(8-17)10-3-4-11(15)12(16)7-10/h3-4,7,13H,5-6,8-9,17H2,1-2H3. The number of nitrogens with two attached hydrogens (primary N) is 1. The van der Waals surface area contributed by atoms with Crippen LogP contribution in [-0.2, 0) is 0 Å². The van der Waals surface area contributed by atoms with E-state index in [0.29, 0.717) is 16.6 Å². The van der Waals surface area contributed by atoms with E-state index in [4.69, 9.17) is 28.9 Å². The van der Waals surface area contributed by atoms with Crippen LogP contribution in [0.5, 0.6) is 0 Å². The topological polar surface area (TPSA) is 29.3 Å². The van der Waals surface area contributed by atoms with E-state index in [9.17, 15) is 0 Å². The largest absolute Gasteiger partial charge is 0.329 e. The minimum Gasteiger partial charge on any atom is -0.329 e. The first kappa shape index (κ1) is 15.5. The highest BCUT2D eigenvalue weighted by molar-refractivity contribution is 8.00. The van der Waals surface area contributed by atoms with E-state index in [1.165, 1.54) is 0 Å². The normalized spacial score (nSPS) is 21.3. The second kappa shape index (κ2) is 6.23. The number of thioether (sulfide) groups is 1. The molecule has 2 rings (SSSR count). The Bertz CT molecular complexity index is 451. The quantitative estimate of drug-likeness (QED) is 0.918. The van der Waals surface area contributed by atoms with Crippen LogP contribution in [0.4, 0.5) is 0 Å². The van der Waals surface area contributed by atoms with Gasteiger partial charge in [0, 0.05) is 36.2 Å². The molecule has 1 fully saturated rings. The van der Waals surface area contributed by atoms with Crippen molar-refractivity contribution in [1.29, 1.82) is 0 Å². The average molecular weight is 319 g/mol. The lowest BCUT2D eigenvalue weighted by Gasteiger charge is -2.41. The Morgan fingerprint density at radius 3 is 2.68 bits per heavy atom. The molecule has 0 radical (unpaired) electrons. The van der Waals surface area contributed by atoms with Gasteiger partial charge in [0.25, 0.3) is 0 Å². The first-order valence-corrected chi connectivity index (χ1v) is 8.20. The van der Waals surface area contributed by atoms with Gasteiger partial charge in [-0.25, -0.2) is 0 Å². The predicted octanol–water partition coefficient (Wildman–Crippen LogP) is 3.82. The third-order valence-corrected chi connectivity index (χ3v) is 5.48. The average Bonchev–Trinajstić information content (AvgIpc) is 2.33. The molecule has 1 aromatic rings. The number of hydrogen-bond acceptors (Lipinski definition) is 3. The van der Waals surface area contributed by atoms with Crippen molar-refractivity contribution < 1.29 is 0 Å². The molecule has 19 heavy (non-hydrogen) atoms. The van der Waals surface area contributed by atoms with Gasteiger partial charge in [-0.1, -0.05) is 29.3 Å². The molecular formula is C14H20Cl2N2S. The number of benzene rings is 1. The van der Waals surface area contributed by atoms with Gasteiger partial charge in [-0.2, -0.15) is 11.8 Å². The van der Waals surface area contributed by atoms with Crippen molar-refractivity contribution in [2.24, 2.45) is 5.73 Å². The second-order valence-electron chi connectivity index (χ2n) is 5.50. The highest BCUT2D eigenvalue weighted by Crippen LogP contribution is 2.35. The van der Waals surface area contributed by atoms with Crippen molar-refractivity contribution in [2.45, 2.75) is 24.6 Å². The van der Waals surface area contributed by atoms with Crippen LogP contribution >= 0.6 is 35.0 Å². The number of halogens is 2. The smallest absolute Gasteiger partial charge is 0.0595 e. The summed E-state index contributed by atoms with van der Waals surface area (Å²) < 4.78 is 0.280. The van der Waals surface area contributed by atoms with Crippen molar-refractivity contribution in [2.75, 3.05) is 25.4 Å². The fourth-order valence-electron chi connectivity index (χ4n) is 2.53. The molecule has 1 aromatic carbocycles. The summed E-state index contributed by atoms with van der Waals surface area (Å²) in [6.45, 7) is 7.27. The molecule has 2 N–H and O–H groups in total. The van der Waals surface area contributed by atoms with E-state index >= 15 is 0 Å². The van der Waals surface area contributed by atoms with Gasteiger partial charge in [0.05, 0.1) is 10.0 Å². The van der Waals surface area contributed by atoms with Crippen molar-refractivity contribution in [3.8, 4) is 0 Å². The van der Waals surface area contributed by atoms with E-state index in [1.807, 2.05) is 30.0 Å². The van der Waals surface area contributed by atoms with Gasteiger partial charge in [-0.15, -0.1) is 0 Å². The molecule has 5 heteroatoms. The van der Waals surface area contributed by atoms with Gasteiger partial charge in [0.15, 0.2) is 0 Å². The van der Waals surface area contributed by atoms with Gasteiger partial charge in [0.1, 0.15) is 0 Å². The summed E-state index contributed by atoms with van der Waals surface area (Å²) in [6, 6.07) is 6.04. The third-order valence-electron chi connectivity index (χ3n) is 3.45. The van der Waals surface area contributed by atoms with Gasteiger partial charge >= 0.3 is 0 Å². The van der Waals surface area contributed by atoms with Crippen molar-refractivity contribution in [3.63, 3.8) is 0 Å². The van der Waals surface area contributed by atoms with Gasteiger partial charge in [-0.3, -0.25) is 4.90 Å². The Morgan fingerprint density at radius 2 is 2.11 bits per heavy atom. The van der Waals surface area contributed by atoms with Crippen molar-refractivity contribution in [1.82, 2.24) is 4.90 Å². The van der Waals surface area contributed by atoms with Crippen LogP contribution in [0, 0.1) is 0 Å². The van der Waals surface area contributed by atoms with Crippen LogP contribution in [0.1, 0.15) is 25.5 Å². The number of nitrogens with zero attached hydrogens (tertiary/aromatic N) is 1. The number of rotatable bonds is 3. The molecule has 1 aliphatic rings. The van der Waals surface area contributed by atoms with Crippen molar-refractivity contribution in [3.05, 3.63) is 33.8 Å². The summed E-state index contributed by atoms with van der Waals surface area (Å²) in [5, 5.41) is 1.19. The summed E-state index contributed by atoms with van der Waals surface area (Å²) in [7, 11) is 0. The fraction of sp³-hybridized carbons (Fsp3) is 0.571. The Balaban J connectivity index is 2.21. The fourth-order valence-corrected chi connectivity index (χ4v) is 3.98. The summed E-state index contributed by atoms with van der Waals surface area (Å²) >= 11 is 14.1. The number of hydrogen-bond donors (Lipinski definition) is 1. The van der Waals surface area contributed by atoms with E-state index in [2.05, 4.69) is 18.7 Å². The zero-order valence-corrected chi connectivity index (χ0v) is 13.7. The summed E-state index contributed by atoms with van der Waals surface area (Å²) in [5.41, 5.74) is 7.14. The Labute approximate surface area is 129 Å². The van der Waals surface area contributed by atoms with Crippen LogP contribution in [0.25, 0.3) is 0 Å². The van der Waals surface area contributed by atoms with Gasteiger partial charge in [-0.05, 0) is 31.5 Å². The molecule has 2 nitrogen and oxygen atoms in total. The lowest BCUT2D eigenvalue weighted by atomic mass is 10.0. The monoisotopic (exact) mass is 318 g/mol. The first-order chi connectivity index (χ1) is 8.93. The SMILES string of the molecule is CC1(C)CN(C(CN)c2ccc(Cl)c(Cl)c2)CCS1. The van der Waals surface area contributed by atoms with Crippen LogP contribution in [-0.4, -0.2) is 35.0 Å². The predicted molar refractivity (Wildman–Crippen MR) is 86.4 cm³/mol. The lowest BCUT2D eigenvalue weighted by molar-refractivity contribution is 0.192. The molecule has 1 saturated heterocycles. The zero-order chi connectivity index (χ0) is 14.0. The Kier molecular flexibility index (Phi) is 5.07. The van der Waals surface area contributed by atoms with Crippen molar-refractivity contribution >= 4 is 35.0 Å². The van der Waals surface area contributed by atoms with E-state index < -0.39 is 0 Å². The highest BCUT2D eigenvalue weighted by atomic mass is 35.5. The molecule has 0 aliphatic carbocycles. The molecule has 1 heterocycles. The minimum absolute atomic E-state index is 0.218. The Morgan fingerprint density at radius 1 is 1.37 bits per heavy atom. The molecule has 0 spiro atoms. The Hall–Kier alpha value is 0.0700. The molecule has 0 amide bonds. The lowest BCUT2D eigenvalue weighted by Crippen LogP contribution is -2.46. The van der Waals surface area contributed by atoms with Crippen LogP contribution in [0.15, 0.2) is 18.2 Å². The zero-order valence-electron chi connectivity index (χ0n) is 11.3. The third kappa shape index (κ3) is 3.79. The summed E-state index contributed by atoms with van der Waals surface area (Å²) in [4.78, 5) is 2.45. The van der Waals surface area contributed by atoms with Crippen LogP contribution < -0.4 is 5.73 Å². The summed E-state index contributed by atoms with van der Waals surface area (Å²) in [6.07, 6.45) is 0. The maximum absolute atomic E-state index is 6.11. The molecule has 0 bridgehead atoms. The molecule has 1 atom stereocenters. The second-order valence-corrected chi connectivity index (χ2v) is 8.12. The van der Waals surface area contributed by atoms with E-state index in [1.54, 1.807) is 0 Å². The van der Waals surface area contributed by atoms with E-state index in [-0.39, 0.29) is 10.8 Å². The first-order valence-electron chi connectivity index (χ1n) is 6.46.